The van der Waals surface area contributed by atoms with E-state index in [1.54, 1.807) is 22.6 Å². The van der Waals surface area contributed by atoms with Gasteiger partial charge >= 0.3 is 29.2 Å². The summed E-state index contributed by atoms with van der Waals surface area (Å²) in [6.45, 7) is -0.876. The van der Waals surface area contributed by atoms with Crippen molar-refractivity contribution >= 4 is 46.1 Å². The fourth-order valence-electron chi connectivity index (χ4n) is 2.37. The quantitative estimate of drug-likeness (QED) is 0.0827. The highest BCUT2D eigenvalue weighted by atomic mass is 127. The number of ether oxygens (including phenoxy) is 1. The van der Waals surface area contributed by atoms with Crippen LogP contribution in [0.1, 0.15) is 12.6 Å². The van der Waals surface area contributed by atoms with E-state index in [0.717, 1.165) is 4.57 Å². The molecule has 174 valence electrons. The van der Waals surface area contributed by atoms with Crippen LogP contribution in [0.25, 0.3) is 10.4 Å². The largest absolute Gasteiger partial charge is 0.490 e. The molecular formula is C9H13IN5O13P3. The van der Waals surface area contributed by atoms with Gasteiger partial charge < -0.3 is 24.3 Å². The summed E-state index contributed by atoms with van der Waals surface area (Å²) in [7, 11) is -16.7. The Kier molecular flexibility index (Phi) is 8.43. The predicted molar refractivity (Wildman–Crippen MR) is 105 cm³/mol. The topological polar surface area (TPSA) is 273 Å². The number of hydrogen-bond acceptors (Lipinski definition) is 10. The number of halogens is 1. The zero-order valence-corrected chi connectivity index (χ0v) is 19.5. The van der Waals surface area contributed by atoms with Crippen molar-refractivity contribution in [3.8, 4) is 0 Å². The van der Waals surface area contributed by atoms with Gasteiger partial charge in [0, 0.05) is 17.5 Å². The van der Waals surface area contributed by atoms with E-state index >= 15 is 0 Å². The summed E-state index contributed by atoms with van der Waals surface area (Å²) in [6, 6.07) is -1.04. The van der Waals surface area contributed by atoms with Gasteiger partial charge in [0.25, 0.3) is 5.56 Å². The molecule has 5 N–H and O–H groups in total. The van der Waals surface area contributed by atoms with Crippen LogP contribution in [0.3, 0.4) is 0 Å². The van der Waals surface area contributed by atoms with Crippen LogP contribution < -0.4 is 11.2 Å². The molecule has 0 bridgehead atoms. The lowest BCUT2D eigenvalue weighted by molar-refractivity contribution is -0.0268. The van der Waals surface area contributed by atoms with Gasteiger partial charge in [-0.05, 0) is 28.1 Å². The number of azide groups is 1. The van der Waals surface area contributed by atoms with E-state index in [2.05, 4.69) is 23.2 Å². The fraction of sp³-hybridized carbons (Fsp3) is 0.556. The highest BCUT2D eigenvalue weighted by molar-refractivity contribution is 14.1. The zero-order valence-electron chi connectivity index (χ0n) is 14.7. The number of nitrogens with zero attached hydrogens (tertiary/aromatic N) is 4. The second-order valence-corrected chi connectivity index (χ2v) is 11.2. The molecule has 0 amide bonds. The number of hydrogen-bond donors (Lipinski definition) is 5. The third kappa shape index (κ3) is 7.87. The molecule has 5 atom stereocenters. The van der Waals surface area contributed by atoms with Crippen molar-refractivity contribution in [3.05, 3.63) is 41.0 Å². The summed E-state index contributed by atoms with van der Waals surface area (Å²) >= 11 is 1.66. The lowest BCUT2D eigenvalue weighted by Crippen LogP contribution is -2.33. The van der Waals surface area contributed by atoms with Gasteiger partial charge in [0.05, 0.1) is 22.3 Å². The summed E-state index contributed by atoms with van der Waals surface area (Å²) in [5, 5.41) is 3.42. The van der Waals surface area contributed by atoms with Crippen molar-refractivity contribution in [1.82, 2.24) is 9.55 Å². The van der Waals surface area contributed by atoms with Crippen LogP contribution in [0.4, 0.5) is 0 Å². The Morgan fingerprint density at radius 1 is 1.26 bits per heavy atom. The number of phosphoric acid groups is 3. The van der Waals surface area contributed by atoms with Gasteiger partial charge in [-0.2, -0.15) is 8.62 Å². The molecule has 0 aliphatic carbocycles. The van der Waals surface area contributed by atoms with Crippen LogP contribution in [-0.4, -0.2) is 47.9 Å². The molecule has 1 aliphatic heterocycles. The maximum atomic E-state index is 12.0. The van der Waals surface area contributed by atoms with Crippen molar-refractivity contribution in [2.45, 2.75) is 24.8 Å². The van der Waals surface area contributed by atoms with E-state index in [4.69, 9.17) is 24.9 Å². The van der Waals surface area contributed by atoms with Crippen molar-refractivity contribution < 1.29 is 51.2 Å². The third-order valence-corrected chi connectivity index (χ3v) is 8.03. The molecule has 2 unspecified atom stereocenters. The summed E-state index contributed by atoms with van der Waals surface area (Å²) in [5.41, 5.74) is 7.19. The first-order valence-corrected chi connectivity index (χ1v) is 13.2. The SMILES string of the molecule is [N-]=[N+]=N[C@H]1C[C@H](n2cc(I)c(=O)[nH]c2=O)O[C@@H]1COP(=O)(O)OP(=O)(O)OP(=O)(O)O. The molecule has 1 aliphatic rings. The molecule has 22 heteroatoms. The van der Waals surface area contributed by atoms with E-state index < -0.39 is 59.7 Å². The Morgan fingerprint density at radius 3 is 2.48 bits per heavy atom. The second kappa shape index (κ2) is 9.93. The molecule has 18 nitrogen and oxygen atoms in total. The fourth-order valence-corrected chi connectivity index (χ4v) is 5.83. The van der Waals surface area contributed by atoms with Crippen LogP contribution in [0, 0.1) is 3.57 Å². The van der Waals surface area contributed by atoms with Crippen LogP contribution in [-0.2, 0) is 31.6 Å². The molecule has 1 aromatic rings. The first-order valence-electron chi connectivity index (χ1n) is 7.61. The highest BCUT2D eigenvalue weighted by Gasteiger charge is 2.43. The van der Waals surface area contributed by atoms with E-state index in [0.29, 0.717) is 0 Å². The summed E-state index contributed by atoms with van der Waals surface area (Å²) < 4.78 is 52.0. The molecule has 1 saturated heterocycles. The van der Waals surface area contributed by atoms with Crippen LogP contribution in [0.2, 0.25) is 0 Å². The normalized spacial score (nSPS) is 25.4. The van der Waals surface area contributed by atoms with Crippen molar-refractivity contribution in [2.24, 2.45) is 5.11 Å². The molecule has 1 aromatic heterocycles. The minimum atomic E-state index is -5.71. The zero-order chi connectivity index (χ0) is 23.6. The van der Waals surface area contributed by atoms with Crippen LogP contribution >= 0.6 is 46.1 Å². The highest BCUT2D eigenvalue weighted by Crippen LogP contribution is 2.66. The van der Waals surface area contributed by atoms with Gasteiger partial charge in [0.1, 0.15) is 6.23 Å². The molecule has 2 rings (SSSR count). The minimum absolute atomic E-state index is 0.115. The summed E-state index contributed by atoms with van der Waals surface area (Å²) in [6.07, 6.45) is -1.29. The Labute approximate surface area is 184 Å². The molecule has 1 fully saturated rings. The van der Waals surface area contributed by atoms with Crippen LogP contribution in [0.5, 0.6) is 0 Å². The Bertz CT molecular complexity index is 1140. The molecule has 0 spiro atoms. The lowest BCUT2D eigenvalue weighted by atomic mass is 10.1. The second-order valence-electron chi connectivity index (χ2n) is 5.67. The van der Waals surface area contributed by atoms with Gasteiger partial charge in [-0.25, -0.2) is 18.5 Å². The average Bonchev–Trinajstić information content (AvgIpc) is 2.96. The molecule has 0 radical (unpaired) electrons. The van der Waals surface area contributed by atoms with Crippen molar-refractivity contribution in [2.75, 3.05) is 6.61 Å². The number of H-pyrrole nitrogens is 1. The lowest BCUT2D eigenvalue weighted by Gasteiger charge is -2.19. The van der Waals surface area contributed by atoms with Crippen molar-refractivity contribution in [1.29, 1.82) is 0 Å². The molecule has 0 saturated carbocycles. The number of phosphoric ester groups is 1. The first-order chi connectivity index (χ1) is 14.1. The predicted octanol–water partition coefficient (Wildman–Crippen LogP) is 0.451. The number of aromatic nitrogens is 2. The Balaban J connectivity index is 2.14. The van der Waals surface area contributed by atoms with Gasteiger partial charge in [0.15, 0.2) is 0 Å². The standard InChI is InChI=1S/C9H13IN5O13P3/c10-4-2-15(9(17)12-8(4)16)7-1-5(13-14-11)6(26-7)3-25-30(21,22)28-31(23,24)27-29(18,19)20/h2,5-7H,1,3H2,(H,21,22)(H,23,24)(H,12,16,17)(H2,18,19,20)/t5-,6+,7+/m0/s1. The first kappa shape index (κ1) is 26.3. The maximum absolute atomic E-state index is 12.0. The third-order valence-electron chi connectivity index (χ3n) is 3.46. The smallest absolute Gasteiger partial charge is 0.352 e. The van der Waals surface area contributed by atoms with Gasteiger partial charge in [-0.15, -0.1) is 0 Å². The van der Waals surface area contributed by atoms with E-state index in [1.807, 2.05) is 4.98 Å². The average molecular weight is 619 g/mol. The van der Waals surface area contributed by atoms with E-state index in [-0.39, 0.29) is 9.99 Å². The van der Waals surface area contributed by atoms with Gasteiger partial charge in [-0.3, -0.25) is 18.9 Å². The Hall–Kier alpha value is -0.910. The van der Waals surface area contributed by atoms with Gasteiger partial charge in [-0.1, -0.05) is 5.11 Å². The molecular weight excluding hydrogens is 606 g/mol. The number of rotatable bonds is 9. The van der Waals surface area contributed by atoms with E-state index in [1.165, 1.54) is 6.20 Å². The van der Waals surface area contributed by atoms with Crippen LogP contribution in [0.15, 0.2) is 20.9 Å². The number of aromatic amines is 1. The molecule has 2 heterocycles. The number of nitrogens with one attached hydrogen (secondary N) is 1. The monoisotopic (exact) mass is 619 g/mol. The van der Waals surface area contributed by atoms with E-state index in [9.17, 15) is 28.2 Å². The summed E-state index contributed by atoms with van der Waals surface area (Å²) in [4.78, 5) is 63.7. The van der Waals surface area contributed by atoms with Crippen molar-refractivity contribution in [3.63, 3.8) is 0 Å². The molecule has 0 aromatic carbocycles. The Morgan fingerprint density at radius 2 is 1.90 bits per heavy atom. The molecule has 31 heavy (non-hydrogen) atoms. The maximum Gasteiger partial charge on any atom is 0.490 e. The summed E-state index contributed by atoms with van der Waals surface area (Å²) in [5.74, 6) is 0. The van der Waals surface area contributed by atoms with Gasteiger partial charge in [0.2, 0.25) is 0 Å². The minimum Gasteiger partial charge on any atom is -0.352 e.